The standard InChI is InChI=1S/C11H21ClN2/c1-2-7-13-11-4-9-14(10-5-11)8-3-6-12/h3,6,11,13H,2,4-5,7-10H2,1H3/b6-3+. The normalized spacial score (nSPS) is 20.7. The van der Waals surface area contributed by atoms with Crippen molar-refractivity contribution in [2.75, 3.05) is 26.2 Å². The number of rotatable bonds is 5. The molecule has 0 spiro atoms. The van der Waals surface area contributed by atoms with Crippen LogP contribution in [0.3, 0.4) is 0 Å². The van der Waals surface area contributed by atoms with Gasteiger partial charge in [0.1, 0.15) is 0 Å². The fourth-order valence-corrected chi connectivity index (χ4v) is 1.94. The maximum absolute atomic E-state index is 5.50. The van der Waals surface area contributed by atoms with Crippen LogP contribution >= 0.6 is 11.6 Å². The van der Waals surface area contributed by atoms with E-state index in [1.807, 2.05) is 6.08 Å². The lowest BCUT2D eigenvalue weighted by Gasteiger charge is -2.31. The second kappa shape index (κ2) is 7.27. The van der Waals surface area contributed by atoms with Crippen molar-refractivity contribution in [3.63, 3.8) is 0 Å². The van der Waals surface area contributed by atoms with Crippen LogP contribution in [0.15, 0.2) is 11.6 Å². The van der Waals surface area contributed by atoms with Crippen molar-refractivity contribution in [1.29, 1.82) is 0 Å². The summed E-state index contributed by atoms with van der Waals surface area (Å²) in [5.74, 6) is 0. The van der Waals surface area contributed by atoms with E-state index < -0.39 is 0 Å². The van der Waals surface area contributed by atoms with Crippen LogP contribution in [0.2, 0.25) is 0 Å². The van der Waals surface area contributed by atoms with Gasteiger partial charge in [-0.15, -0.1) is 0 Å². The zero-order chi connectivity index (χ0) is 10.2. The fraction of sp³-hybridized carbons (Fsp3) is 0.818. The van der Waals surface area contributed by atoms with Crippen molar-refractivity contribution in [3.05, 3.63) is 11.6 Å². The zero-order valence-corrected chi connectivity index (χ0v) is 9.76. The smallest absolute Gasteiger partial charge is 0.0174 e. The molecule has 1 saturated heterocycles. The Hall–Kier alpha value is -0.0500. The summed E-state index contributed by atoms with van der Waals surface area (Å²) in [6.45, 7) is 6.77. The first kappa shape index (κ1) is 12.0. The minimum absolute atomic E-state index is 0.742. The molecular formula is C11H21ClN2. The molecule has 3 heteroatoms. The predicted molar refractivity (Wildman–Crippen MR) is 62.7 cm³/mol. The monoisotopic (exact) mass is 216 g/mol. The summed E-state index contributed by atoms with van der Waals surface area (Å²) in [6.07, 6.45) is 5.79. The Morgan fingerprint density at radius 3 is 2.71 bits per heavy atom. The first-order valence-corrected chi connectivity index (χ1v) is 6.01. The van der Waals surface area contributed by atoms with Crippen LogP contribution in [-0.4, -0.2) is 37.1 Å². The number of piperidine rings is 1. The van der Waals surface area contributed by atoms with Gasteiger partial charge in [-0.1, -0.05) is 24.6 Å². The highest BCUT2D eigenvalue weighted by molar-refractivity contribution is 6.25. The lowest BCUT2D eigenvalue weighted by atomic mass is 10.1. The molecule has 0 aromatic heterocycles. The second-order valence-corrected chi connectivity index (χ2v) is 4.14. The van der Waals surface area contributed by atoms with Gasteiger partial charge < -0.3 is 5.32 Å². The Labute approximate surface area is 92.3 Å². The minimum atomic E-state index is 0.742. The van der Waals surface area contributed by atoms with E-state index in [1.165, 1.54) is 32.4 Å². The molecule has 0 bridgehead atoms. The van der Waals surface area contributed by atoms with Crippen molar-refractivity contribution in [2.24, 2.45) is 0 Å². The van der Waals surface area contributed by atoms with Gasteiger partial charge in [0, 0.05) is 18.1 Å². The Morgan fingerprint density at radius 2 is 2.14 bits per heavy atom. The van der Waals surface area contributed by atoms with E-state index in [-0.39, 0.29) is 0 Å². The molecule has 1 aliphatic heterocycles. The summed E-state index contributed by atoms with van der Waals surface area (Å²) in [5, 5.41) is 3.58. The van der Waals surface area contributed by atoms with Gasteiger partial charge in [0.2, 0.25) is 0 Å². The third-order valence-corrected chi connectivity index (χ3v) is 2.90. The van der Waals surface area contributed by atoms with E-state index >= 15 is 0 Å². The second-order valence-electron chi connectivity index (χ2n) is 3.89. The summed E-state index contributed by atoms with van der Waals surface area (Å²) < 4.78 is 0. The summed E-state index contributed by atoms with van der Waals surface area (Å²) in [5.41, 5.74) is 1.61. The molecule has 82 valence electrons. The topological polar surface area (TPSA) is 15.3 Å². The Kier molecular flexibility index (Phi) is 6.24. The van der Waals surface area contributed by atoms with E-state index in [2.05, 4.69) is 17.1 Å². The molecule has 0 saturated carbocycles. The summed E-state index contributed by atoms with van der Waals surface area (Å²) in [7, 11) is 0. The van der Waals surface area contributed by atoms with E-state index in [0.717, 1.165) is 19.1 Å². The first-order chi connectivity index (χ1) is 6.86. The molecule has 0 aromatic rings. The molecular weight excluding hydrogens is 196 g/mol. The average molecular weight is 217 g/mol. The highest BCUT2D eigenvalue weighted by atomic mass is 35.5. The third-order valence-electron chi connectivity index (χ3n) is 2.72. The Morgan fingerprint density at radius 1 is 1.43 bits per heavy atom. The van der Waals surface area contributed by atoms with E-state index in [9.17, 15) is 0 Å². The van der Waals surface area contributed by atoms with Gasteiger partial charge in [-0.3, -0.25) is 4.90 Å². The Bertz CT molecular complexity index is 163. The summed E-state index contributed by atoms with van der Waals surface area (Å²) in [4.78, 5) is 2.45. The maximum atomic E-state index is 5.50. The van der Waals surface area contributed by atoms with Gasteiger partial charge in [-0.05, 0) is 38.9 Å². The van der Waals surface area contributed by atoms with Crippen molar-refractivity contribution >= 4 is 11.6 Å². The van der Waals surface area contributed by atoms with Crippen molar-refractivity contribution in [3.8, 4) is 0 Å². The quantitative estimate of drug-likeness (QED) is 0.758. The molecule has 1 N–H and O–H groups in total. The molecule has 0 atom stereocenters. The SMILES string of the molecule is CCCNC1CCN(C/C=C/Cl)CC1. The van der Waals surface area contributed by atoms with Gasteiger partial charge in [-0.25, -0.2) is 0 Å². The number of halogens is 1. The number of hydrogen-bond acceptors (Lipinski definition) is 2. The van der Waals surface area contributed by atoms with Gasteiger partial charge >= 0.3 is 0 Å². The maximum Gasteiger partial charge on any atom is 0.0174 e. The van der Waals surface area contributed by atoms with Gasteiger partial charge in [-0.2, -0.15) is 0 Å². The van der Waals surface area contributed by atoms with E-state index in [4.69, 9.17) is 11.6 Å². The van der Waals surface area contributed by atoms with Gasteiger partial charge in [0.05, 0.1) is 0 Å². The van der Waals surface area contributed by atoms with Crippen LogP contribution in [0.1, 0.15) is 26.2 Å². The predicted octanol–water partition coefficient (Wildman–Crippen LogP) is 2.20. The molecule has 0 unspecified atom stereocenters. The Balaban J connectivity index is 2.11. The van der Waals surface area contributed by atoms with Gasteiger partial charge in [0.15, 0.2) is 0 Å². The lowest BCUT2D eigenvalue weighted by molar-refractivity contribution is 0.215. The lowest BCUT2D eigenvalue weighted by Crippen LogP contribution is -2.42. The van der Waals surface area contributed by atoms with Crippen molar-refractivity contribution in [2.45, 2.75) is 32.2 Å². The van der Waals surface area contributed by atoms with Gasteiger partial charge in [0.25, 0.3) is 0 Å². The summed E-state index contributed by atoms with van der Waals surface area (Å²) in [6, 6.07) is 0.742. The molecule has 1 rings (SSSR count). The highest BCUT2D eigenvalue weighted by Crippen LogP contribution is 2.09. The molecule has 0 radical (unpaired) electrons. The molecule has 1 fully saturated rings. The molecule has 1 heterocycles. The number of nitrogens with zero attached hydrogens (tertiary/aromatic N) is 1. The van der Waals surface area contributed by atoms with Crippen LogP contribution in [0.5, 0.6) is 0 Å². The van der Waals surface area contributed by atoms with Crippen LogP contribution < -0.4 is 5.32 Å². The summed E-state index contributed by atoms with van der Waals surface area (Å²) >= 11 is 5.50. The average Bonchev–Trinajstić information content (AvgIpc) is 2.25. The number of nitrogens with one attached hydrogen (secondary N) is 1. The number of hydrogen-bond donors (Lipinski definition) is 1. The third kappa shape index (κ3) is 4.45. The first-order valence-electron chi connectivity index (χ1n) is 5.57. The number of likely N-dealkylation sites (tertiary alicyclic amines) is 1. The van der Waals surface area contributed by atoms with Crippen LogP contribution in [0, 0.1) is 0 Å². The van der Waals surface area contributed by atoms with E-state index in [1.54, 1.807) is 5.54 Å². The zero-order valence-electron chi connectivity index (χ0n) is 9.01. The molecule has 0 aromatic carbocycles. The van der Waals surface area contributed by atoms with E-state index in [0.29, 0.717) is 0 Å². The minimum Gasteiger partial charge on any atom is -0.314 e. The largest absolute Gasteiger partial charge is 0.314 e. The molecule has 14 heavy (non-hydrogen) atoms. The molecule has 2 nitrogen and oxygen atoms in total. The van der Waals surface area contributed by atoms with Crippen LogP contribution in [0.4, 0.5) is 0 Å². The van der Waals surface area contributed by atoms with Crippen molar-refractivity contribution < 1.29 is 0 Å². The highest BCUT2D eigenvalue weighted by Gasteiger charge is 2.16. The molecule has 0 amide bonds. The van der Waals surface area contributed by atoms with Crippen molar-refractivity contribution in [1.82, 2.24) is 10.2 Å². The molecule has 0 aliphatic carbocycles. The van der Waals surface area contributed by atoms with Crippen LogP contribution in [-0.2, 0) is 0 Å². The van der Waals surface area contributed by atoms with Crippen LogP contribution in [0.25, 0.3) is 0 Å². The molecule has 1 aliphatic rings. The fourth-order valence-electron chi connectivity index (χ4n) is 1.86.